The van der Waals surface area contributed by atoms with Crippen molar-refractivity contribution in [3.05, 3.63) is 0 Å². The number of hydrogen-bond acceptors (Lipinski definition) is 3. The van der Waals surface area contributed by atoms with E-state index in [0.29, 0.717) is 6.61 Å². The quantitative estimate of drug-likeness (QED) is 0.759. The summed E-state index contributed by atoms with van der Waals surface area (Å²) in [4.78, 5) is 10.7. The van der Waals surface area contributed by atoms with Gasteiger partial charge < -0.3 is 14.6 Å². The van der Waals surface area contributed by atoms with E-state index in [-0.39, 0.29) is 18.1 Å². The lowest BCUT2D eigenvalue weighted by atomic mass is 9.87. The molecule has 0 bridgehead atoms. The van der Waals surface area contributed by atoms with Gasteiger partial charge in [-0.05, 0) is 32.6 Å². The van der Waals surface area contributed by atoms with Crippen LogP contribution in [0.1, 0.15) is 32.6 Å². The molecule has 1 fully saturated rings. The van der Waals surface area contributed by atoms with Crippen LogP contribution in [0.5, 0.6) is 0 Å². The SMILES string of the molecule is CO[C@H](C)COC1CCC(C(=O)O)CC1. The van der Waals surface area contributed by atoms with Crippen LogP contribution in [0.2, 0.25) is 0 Å². The minimum atomic E-state index is -0.668. The minimum Gasteiger partial charge on any atom is -0.481 e. The third kappa shape index (κ3) is 4.18. The van der Waals surface area contributed by atoms with Crippen molar-refractivity contribution in [1.82, 2.24) is 0 Å². The molecule has 1 rings (SSSR count). The van der Waals surface area contributed by atoms with Gasteiger partial charge in [0.25, 0.3) is 0 Å². The Morgan fingerprint density at radius 2 is 2.00 bits per heavy atom. The molecule has 1 N–H and O–H groups in total. The van der Waals surface area contributed by atoms with Crippen molar-refractivity contribution in [3.63, 3.8) is 0 Å². The Kier molecular flexibility index (Phi) is 5.05. The predicted octanol–water partition coefficient (Wildman–Crippen LogP) is 1.68. The molecule has 1 aliphatic rings. The van der Waals surface area contributed by atoms with E-state index in [4.69, 9.17) is 14.6 Å². The van der Waals surface area contributed by atoms with E-state index in [2.05, 4.69) is 0 Å². The van der Waals surface area contributed by atoms with E-state index in [1.54, 1.807) is 7.11 Å². The summed E-state index contributed by atoms with van der Waals surface area (Å²) in [6, 6.07) is 0. The molecule has 0 saturated heterocycles. The molecule has 88 valence electrons. The second-order valence-electron chi connectivity index (χ2n) is 4.19. The fourth-order valence-corrected chi connectivity index (χ4v) is 1.82. The van der Waals surface area contributed by atoms with E-state index in [1.807, 2.05) is 6.92 Å². The van der Waals surface area contributed by atoms with Crippen LogP contribution in [0.4, 0.5) is 0 Å². The van der Waals surface area contributed by atoms with Gasteiger partial charge in [-0.15, -0.1) is 0 Å². The average Bonchev–Trinajstić information content (AvgIpc) is 2.26. The molecule has 4 heteroatoms. The number of rotatable bonds is 5. The molecular formula is C11H20O4. The molecule has 1 atom stereocenters. The number of hydrogen-bond donors (Lipinski definition) is 1. The maximum absolute atomic E-state index is 10.7. The van der Waals surface area contributed by atoms with E-state index in [9.17, 15) is 4.79 Å². The molecule has 1 aliphatic carbocycles. The molecule has 0 aromatic carbocycles. The Hall–Kier alpha value is -0.610. The second kappa shape index (κ2) is 6.08. The normalized spacial score (nSPS) is 28.7. The van der Waals surface area contributed by atoms with Gasteiger partial charge >= 0.3 is 5.97 Å². The number of methoxy groups -OCH3 is 1. The highest BCUT2D eigenvalue weighted by Crippen LogP contribution is 2.26. The molecular weight excluding hydrogens is 196 g/mol. The summed E-state index contributed by atoms with van der Waals surface area (Å²) >= 11 is 0. The minimum absolute atomic E-state index is 0.113. The summed E-state index contributed by atoms with van der Waals surface area (Å²) in [6.45, 7) is 2.56. The van der Waals surface area contributed by atoms with Gasteiger partial charge in [0.15, 0.2) is 0 Å². The molecule has 0 aliphatic heterocycles. The Labute approximate surface area is 90.6 Å². The van der Waals surface area contributed by atoms with Gasteiger partial charge in [-0.2, -0.15) is 0 Å². The van der Waals surface area contributed by atoms with Crippen molar-refractivity contribution < 1.29 is 19.4 Å². The summed E-state index contributed by atoms with van der Waals surface area (Å²) in [6.07, 6.45) is 3.52. The first-order valence-corrected chi connectivity index (χ1v) is 5.50. The fraction of sp³-hybridized carbons (Fsp3) is 0.909. The first-order chi connectivity index (χ1) is 7.13. The first kappa shape index (κ1) is 12.5. The lowest BCUT2D eigenvalue weighted by Crippen LogP contribution is -2.28. The monoisotopic (exact) mass is 216 g/mol. The fourth-order valence-electron chi connectivity index (χ4n) is 1.82. The number of carboxylic acid groups (broad SMARTS) is 1. The van der Waals surface area contributed by atoms with Gasteiger partial charge in [0.1, 0.15) is 0 Å². The number of aliphatic carboxylic acids is 1. The Morgan fingerprint density at radius 1 is 1.40 bits per heavy atom. The van der Waals surface area contributed by atoms with Gasteiger partial charge in [-0.3, -0.25) is 4.79 Å². The zero-order valence-corrected chi connectivity index (χ0v) is 9.44. The second-order valence-corrected chi connectivity index (χ2v) is 4.19. The van der Waals surface area contributed by atoms with E-state index in [1.165, 1.54) is 0 Å². The van der Waals surface area contributed by atoms with Gasteiger partial charge in [0.2, 0.25) is 0 Å². The van der Waals surface area contributed by atoms with Crippen molar-refractivity contribution in [3.8, 4) is 0 Å². The van der Waals surface area contributed by atoms with Crippen molar-refractivity contribution in [1.29, 1.82) is 0 Å². The summed E-state index contributed by atoms with van der Waals surface area (Å²) < 4.78 is 10.7. The topological polar surface area (TPSA) is 55.8 Å². The molecule has 15 heavy (non-hydrogen) atoms. The molecule has 0 aromatic rings. The van der Waals surface area contributed by atoms with Gasteiger partial charge in [-0.1, -0.05) is 0 Å². The summed E-state index contributed by atoms with van der Waals surface area (Å²) in [5, 5.41) is 8.82. The van der Waals surface area contributed by atoms with Gasteiger partial charge in [0, 0.05) is 7.11 Å². The van der Waals surface area contributed by atoms with Gasteiger partial charge in [-0.25, -0.2) is 0 Å². The maximum Gasteiger partial charge on any atom is 0.306 e. The van der Waals surface area contributed by atoms with Crippen LogP contribution >= 0.6 is 0 Å². The number of ether oxygens (including phenoxy) is 2. The molecule has 0 aromatic heterocycles. The Bertz CT molecular complexity index is 197. The zero-order valence-electron chi connectivity index (χ0n) is 9.44. The van der Waals surface area contributed by atoms with Crippen LogP contribution in [0.15, 0.2) is 0 Å². The third-order valence-corrected chi connectivity index (χ3v) is 2.99. The largest absolute Gasteiger partial charge is 0.481 e. The molecule has 0 unspecified atom stereocenters. The maximum atomic E-state index is 10.7. The molecule has 4 nitrogen and oxygen atoms in total. The lowest BCUT2D eigenvalue weighted by Gasteiger charge is -2.27. The first-order valence-electron chi connectivity index (χ1n) is 5.50. The van der Waals surface area contributed by atoms with E-state index < -0.39 is 5.97 Å². The highest BCUT2D eigenvalue weighted by Gasteiger charge is 2.26. The highest BCUT2D eigenvalue weighted by molar-refractivity contribution is 5.69. The van der Waals surface area contributed by atoms with Crippen molar-refractivity contribution in [2.45, 2.75) is 44.8 Å². The van der Waals surface area contributed by atoms with Crippen LogP contribution < -0.4 is 0 Å². The summed E-state index contributed by atoms with van der Waals surface area (Å²) in [5.74, 6) is -0.830. The predicted molar refractivity (Wildman–Crippen MR) is 55.8 cm³/mol. The number of carbonyl (C=O) groups is 1. The molecule has 0 heterocycles. The summed E-state index contributed by atoms with van der Waals surface area (Å²) in [7, 11) is 1.66. The molecule has 1 saturated carbocycles. The van der Waals surface area contributed by atoms with Crippen LogP contribution in [0.3, 0.4) is 0 Å². The smallest absolute Gasteiger partial charge is 0.306 e. The van der Waals surface area contributed by atoms with Crippen molar-refractivity contribution in [2.75, 3.05) is 13.7 Å². The standard InChI is InChI=1S/C11H20O4/c1-8(14-2)7-15-10-5-3-9(4-6-10)11(12)13/h8-10H,3-7H2,1-2H3,(H,12,13)/t8-,9?,10?/m1/s1. The highest BCUT2D eigenvalue weighted by atomic mass is 16.5. The number of carboxylic acids is 1. The third-order valence-electron chi connectivity index (χ3n) is 2.99. The van der Waals surface area contributed by atoms with Crippen LogP contribution in [0.25, 0.3) is 0 Å². The zero-order chi connectivity index (χ0) is 11.3. The summed E-state index contributed by atoms with van der Waals surface area (Å²) in [5.41, 5.74) is 0. The van der Waals surface area contributed by atoms with Crippen LogP contribution in [-0.4, -0.2) is 37.0 Å². The van der Waals surface area contributed by atoms with E-state index in [0.717, 1.165) is 25.7 Å². The Morgan fingerprint density at radius 3 is 2.47 bits per heavy atom. The average molecular weight is 216 g/mol. The van der Waals surface area contributed by atoms with Crippen molar-refractivity contribution in [2.24, 2.45) is 5.92 Å². The molecule has 0 radical (unpaired) electrons. The lowest BCUT2D eigenvalue weighted by molar-refractivity contribution is -0.144. The van der Waals surface area contributed by atoms with Crippen LogP contribution in [0, 0.1) is 5.92 Å². The van der Waals surface area contributed by atoms with E-state index >= 15 is 0 Å². The Balaban J connectivity index is 2.17. The van der Waals surface area contributed by atoms with Crippen LogP contribution in [-0.2, 0) is 14.3 Å². The van der Waals surface area contributed by atoms with Gasteiger partial charge in [0.05, 0.1) is 24.7 Å². The molecule has 0 spiro atoms. The molecule has 0 amide bonds. The van der Waals surface area contributed by atoms with Crippen molar-refractivity contribution >= 4 is 5.97 Å².